The molecule has 0 atom stereocenters. The summed E-state index contributed by atoms with van der Waals surface area (Å²) in [5.74, 6) is 0.428. The van der Waals surface area contributed by atoms with Crippen molar-refractivity contribution in [2.24, 2.45) is 0 Å². The lowest BCUT2D eigenvalue weighted by Gasteiger charge is -2.14. The molecule has 5 heterocycles. The predicted molar refractivity (Wildman–Crippen MR) is 304 cm³/mol. The topological polar surface area (TPSA) is 61.4 Å². The van der Waals surface area contributed by atoms with Crippen LogP contribution in [0.15, 0.2) is 261 Å². The van der Waals surface area contributed by atoms with E-state index in [2.05, 4.69) is 190 Å². The Kier molecular flexibility index (Phi) is 10.6. The molecule has 75 heavy (non-hydrogen) atoms. The largest absolute Gasteiger partial charge is 0.309 e. The number of hydrogen-bond donors (Lipinski definition) is 0. The smallest absolute Gasteiger partial charge is 0.160 e. The number of rotatable bonds is 9. The standard InChI is InChI=1S/C68H43FN6/c69-53-30-32-66-59(41-53)56-27-10-11-28-64(56)74(66)54-25-13-22-48(36-54)52-39-60(44-15-4-1-5-16-44)71-61(40-52)50-23-12-21-47(35-50)49-29-31-65-58(38-49)57-33-34-70-43-67(57)75(65)55-26-14-24-51(37-55)63-42-62(45-17-6-2-7-18-45)72-68(73-63)46-19-8-3-9-20-46/h1-43H. The molecule has 14 rings (SSSR count). The van der Waals surface area contributed by atoms with E-state index in [1.54, 1.807) is 6.07 Å². The molecule has 14 aromatic rings. The Morgan fingerprint density at radius 1 is 0.280 bits per heavy atom. The minimum atomic E-state index is -0.249. The third kappa shape index (κ3) is 7.91. The highest BCUT2D eigenvalue weighted by molar-refractivity contribution is 6.11. The van der Waals surface area contributed by atoms with Gasteiger partial charge in [-0.2, -0.15) is 0 Å². The van der Waals surface area contributed by atoms with Gasteiger partial charge in [0, 0.05) is 66.9 Å². The van der Waals surface area contributed by atoms with Gasteiger partial charge >= 0.3 is 0 Å². The first-order chi connectivity index (χ1) is 37.1. The van der Waals surface area contributed by atoms with Crippen molar-refractivity contribution in [1.29, 1.82) is 0 Å². The number of nitrogens with zero attached hydrogens (tertiary/aromatic N) is 6. The van der Waals surface area contributed by atoms with E-state index >= 15 is 0 Å². The van der Waals surface area contributed by atoms with Crippen molar-refractivity contribution in [3.63, 3.8) is 0 Å². The van der Waals surface area contributed by atoms with Crippen LogP contribution in [0, 0.1) is 5.82 Å². The molecule has 0 aliphatic carbocycles. The Labute approximate surface area is 432 Å². The van der Waals surface area contributed by atoms with Crippen LogP contribution in [0.25, 0.3) is 134 Å². The molecular formula is C68H43FN6. The van der Waals surface area contributed by atoms with E-state index < -0.39 is 0 Å². The van der Waals surface area contributed by atoms with Crippen LogP contribution in [0.2, 0.25) is 0 Å². The zero-order valence-electron chi connectivity index (χ0n) is 40.4. The van der Waals surface area contributed by atoms with Gasteiger partial charge in [-0.25, -0.2) is 19.3 Å². The Morgan fingerprint density at radius 2 is 0.760 bits per heavy atom. The molecule has 0 N–H and O–H groups in total. The number of pyridine rings is 2. The van der Waals surface area contributed by atoms with Crippen LogP contribution >= 0.6 is 0 Å². The molecule has 9 aromatic carbocycles. The number of hydrogen-bond acceptors (Lipinski definition) is 4. The summed E-state index contributed by atoms with van der Waals surface area (Å²) in [7, 11) is 0. The van der Waals surface area contributed by atoms with Gasteiger partial charge in [-0.05, 0) is 113 Å². The normalized spacial score (nSPS) is 11.5. The third-order valence-corrected chi connectivity index (χ3v) is 14.3. The number of fused-ring (bicyclic) bond motifs is 6. The van der Waals surface area contributed by atoms with E-state index in [0.717, 1.165) is 128 Å². The van der Waals surface area contributed by atoms with Gasteiger partial charge in [-0.3, -0.25) is 4.98 Å². The summed E-state index contributed by atoms with van der Waals surface area (Å²) in [6, 6.07) is 85.2. The van der Waals surface area contributed by atoms with Crippen LogP contribution in [0.1, 0.15) is 0 Å². The third-order valence-electron chi connectivity index (χ3n) is 14.3. The molecule has 0 amide bonds. The van der Waals surface area contributed by atoms with Gasteiger partial charge in [0.15, 0.2) is 5.82 Å². The number of aromatic nitrogens is 6. The highest BCUT2D eigenvalue weighted by atomic mass is 19.1. The van der Waals surface area contributed by atoms with Gasteiger partial charge in [-0.15, -0.1) is 0 Å². The molecule has 0 saturated carbocycles. The van der Waals surface area contributed by atoms with Crippen LogP contribution in [0.5, 0.6) is 0 Å². The van der Waals surface area contributed by atoms with E-state index in [-0.39, 0.29) is 5.82 Å². The Hall–Kier alpha value is -10.1. The fourth-order valence-corrected chi connectivity index (χ4v) is 10.7. The molecular weight excluding hydrogens is 920 g/mol. The number of para-hydroxylation sites is 1. The van der Waals surface area contributed by atoms with Gasteiger partial charge in [0.1, 0.15) is 5.82 Å². The van der Waals surface area contributed by atoms with Gasteiger partial charge in [0.2, 0.25) is 0 Å². The van der Waals surface area contributed by atoms with Crippen LogP contribution in [-0.2, 0) is 0 Å². The van der Waals surface area contributed by atoms with Gasteiger partial charge in [-0.1, -0.05) is 158 Å². The molecule has 0 fully saturated rings. The highest BCUT2D eigenvalue weighted by Crippen LogP contribution is 2.39. The second-order valence-corrected chi connectivity index (χ2v) is 18.8. The molecule has 0 aliphatic rings. The first-order valence-electron chi connectivity index (χ1n) is 25.0. The van der Waals surface area contributed by atoms with Crippen LogP contribution < -0.4 is 0 Å². The van der Waals surface area contributed by atoms with Crippen molar-refractivity contribution in [2.45, 2.75) is 0 Å². The predicted octanol–water partition coefficient (Wildman–Crippen LogP) is 17.3. The number of halogens is 1. The lowest BCUT2D eigenvalue weighted by Crippen LogP contribution is -1.98. The Bertz CT molecular complexity index is 4430. The minimum Gasteiger partial charge on any atom is -0.309 e. The fourth-order valence-electron chi connectivity index (χ4n) is 10.7. The molecule has 0 unspecified atom stereocenters. The summed E-state index contributed by atoms with van der Waals surface area (Å²) in [6.45, 7) is 0. The van der Waals surface area contributed by atoms with E-state index in [0.29, 0.717) is 5.82 Å². The van der Waals surface area contributed by atoms with Crippen molar-refractivity contribution >= 4 is 43.6 Å². The molecule has 0 aliphatic heterocycles. The van der Waals surface area contributed by atoms with Crippen LogP contribution in [0.3, 0.4) is 0 Å². The minimum absolute atomic E-state index is 0.249. The van der Waals surface area contributed by atoms with Crippen molar-refractivity contribution in [1.82, 2.24) is 29.1 Å². The second kappa shape index (κ2) is 18.2. The first kappa shape index (κ1) is 43.7. The summed E-state index contributed by atoms with van der Waals surface area (Å²) in [5, 5.41) is 4.13. The Morgan fingerprint density at radius 3 is 1.48 bits per heavy atom. The van der Waals surface area contributed by atoms with Crippen molar-refractivity contribution in [3.05, 3.63) is 267 Å². The van der Waals surface area contributed by atoms with E-state index in [1.165, 1.54) is 6.07 Å². The molecule has 7 heteroatoms. The van der Waals surface area contributed by atoms with E-state index in [1.807, 2.05) is 73.1 Å². The molecule has 0 bridgehead atoms. The summed E-state index contributed by atoms with van der Waals surface area (Å²) in [4.78, 5) is 20.1. The average molecular weight is 963 g/mol. The summed E-state index contributed by atoms with van der Waals surface area (Å²) in [6.07, 6.45) is 3.83. The fraction of sp³-hybridized carbons (Fsp3) is 0. The summed E-state index contributed by atoms with van der Waals surface area (Å²) < 4.78 is 19.2. The van der Waals surface area contributed by atoms with Gasteiger partial charge in [0.25, 0.3) is 0 Å². The van der Waals surface area contributed by atoms with Gasteiger partial charge < -0.3 is 9.13 Å². The quantitative estimate of drug-likeness (QED) is 0.145. The Balaban J connectivity index is 0.854. The highest BCUT2D eigenvalue weighted by Gasteiger charge is 2.19. The molecule has 6 nitrogen and oxygen atoms in total. The van der Waals surface area contributed by atoms with E-state index in [9.17, 15) is 4.39 Å². The summed E-state index contributed by atoms with van der Waals surface area (Å²) >= 11 is 0. The maximum atomic E-state index is 14.6. The SMILES string of the molecule is Fc1ccc2c(c1)c1ccccc1n2-c1cccc(-c2cc(-c3ccccc3)nc(-c3cccc(-c4ccc5c(c4)c4ccncc4n5-c4cccc(-c5cc(-c6ccccc6)nc(-c6ccccc6)n5)c4)c3)c2)c1. The second-order valence-electron chi connectivity index (χ2n) is 18.8. The maximum absolute atomic E-state index is 14.6. The lowest BCUT2D eigenvalue weighted by atomic mass is 9.97. The van der Waals surface area contributed by atoms with Crippen molar-refractivity contribution < 1.29 is 4.39 Å². The maximum Gasteiger partial charge on any atom is 0.160 e. The monoisotopic (exact) mass is 962 g/mol. The molecule has 352 valence electrons. The molecule has 0 radical (unpaired) electrons. The van der Waals surface area contributed by atoms with Crippen molar-refractivity contribution in [3.8, 4) is 90.0 Å². The molecule has 0 saturated heterocycles. The van der Waals surface area contributed by atoms with Gasteiger partial charge in [0.05, 0.1) is 51.0 Å². The zero-order chi connectivity index (χ0) is 49.8. The lowest BCUT2D eigenvalue weighted by molar-refractivity contribution is 0.629. The molecule has 5 aromatic heterocycles. The summed E-state index contributed by atoms with van der Waals surface area (Å²) in [5.41, 5.74) is 18.8. The van der Waals surface area contributed by atoms with E-state index in [4.69, 9.17) is 15.0 Å². The molecule has 0 spiro atoms. The first-order valence-corrected chi connectivity index (χ1v) is 25.0. The van der Waals surface area contributed by atoms with Crippen molar-refractivity contribution in [2.75, 3.05) is 0 Å². The van der Waals surface area contributed by atoms with Crippen LogP contribution in [-0.4, -0.2) is 29.1 Å². The number of benzene rings is 9. The average Bonchev–Trinajstić information content (AvgIpc) is 4.03. The zero-order valence-corrected chi connectivity index (χ0v) is 40.4. The van der Waals surface area contributed by atoms with Crippen LogP contribution in [0.4, 0.5) is 4.39 Å².